The number of esters is 2. The average molecular weight is 1130 g/mol. The summed E-state index contributed by atoms with van der Waals surface area (Å²) in [5.41, 5.74) is 0. The molecule has 0 bridgehead atoms. The number of carbonyl (C=O) groups excluding carboxylic acids is 2. The van der Waals surface area contributed by atoms with E-state index in [1.165, 1.54) is 283 Å². The maximum absolute atomic E-state index is 12.9. The molecular weight excluding hydrogens is 995 g/mol. The lowest BCUT2D eigenvalue weighted by Gasteiger charge is -2.25. The number of likely N-dealkylation sites (N-methyl/N-ethyl adjacent to an activating group) is 1. The van der Waals surface area contributed by atoms with Crippen LogP contribution in [-0.4, -0.2) is 87.4 Å². The van der Waals surface area contributed by atoms with Crippen LogP contribution in [0.3, 0.4) is 0 Å². The van der Waals surface area contributed by atoms with Crippen LogP contribution in [0.4, 0.5) is 0 Å². The predicted octanol–water partition coefficient (Wildman–Crippen LogP) is 21.4. The standard InChI is InChI=1S/C71H135NO8/c1-6-8-10-12-14-16-18-20-22-24-26-28-30-32-34-35-36-38-40-42-44-46-48-50-52-54-56-58-60-62-69(74)80-67(66-79-71(70(75)76)77-64-63-72(3,4)5)65-78-68(73)61-59-57-55-53-51-49-47-45-43-41-39-37-33-31-29-27-25-23-21-19-17-15-13-11-9-7-2/h18,20,24,26,67,71H,6-17,19,21-23,25,27-66H2,1-5H3/p+1/b20-18-,26-24-. The summed E-state index contributed by atoms with van der Waals surface area (Å²) in [5.74, 6) is -1.97. The molecule has 9 nitrogen and oxygen atoms in total. The molecule has 1 N–H and O–H groups in total. The van der Waals surface area contributed by atoms with Gasteiger partial charge < -0.3 is 28.5 Å². The number of quaternary nitrogens is 1. The Balaban J connectivity index is 4.07. The Bertz CT molecular complexity index is 1360. The van der Waals surface area contributed by atoms with E-state index in [-0.39, 0.29) is 38.2 Å². The van der Waals surface area contributed by atoms with Crippen LogP contribution >= 0.6 is 0 Å². The lowest BCUT2D eigenvalue weighted by Crippen LogP contribution is -2.40. The highest BCUT2D eigenvalue weighted by Gasteiger charge is 2.25. The van der Waals surface area contributed by atoms with Crippen molar-refractivity contribution in [2.45, 2.75) is 367 Å². The Morgan fingerprint density at radius 2 is 0.675 bits per heavy atom. The number of unbranched alkanes of at least 4 members (excludes halogenated alkanes) is 47. The minimum Gasteiger partial charge on any atom is -0.477 e. The molecule has 0 fully saturated rings. The molecule has 0 amide bonds. The van der Waals surface area contributed by atoms with E-state index in [1.807, 2.05) is 21.1 Å². The first-order valence-corrected chi connectivity index (χ1v) is 35.0. The van der Waals surface area contributed by atoms with Gasteiger partial charge >= 0.3 is 17.9 Å². The fraction of sp³-hybridized carbons (Fsp3) is 0.901. The van der Waals surface area contributed by atoms with Gasteiger partial charge in [-0.15, -0.1) is 0 Å². The highest BCUT2D eigenvalue weighted by molar-refractivity contribution is 5.71. The molecule has 0 aliphatic rings. The minimum absolute atomic E-state index is 0.175. The summed E-state index contributed by atoms with van der Waals surface area (Å²) in [6.45, 7) is 4.94. The zero-order valence-electron chi connectivity index (χ0n) is 54.0. The van der Waals surface area contributed by atoms with Crippen LogP contribution in [0.1, 0.15) is 354 Å². The van der Waals surface area contributed by atoms with Crippen molar-refractivity contribution in [1.29, 1.82) is 0 Å². The monoisotopic (exact) mass is 1130 g/mol. The van der Waals surface area contributed by atoms with E-state index in [4.69, 9.17) is 18.9 Å². The quantitative estimate of drug-likeness (QED) is 0.0211. The number of aliphatic carboxylic acids is 1. The van der Waals surface area contributed by atoms with Gasteiger partial charge in [0.1, 0.15) is 13.2 Å². The lowest BCUT2D eigenvalue weighted by atomic mass is 10.0. The number of nitrogens with zero attached hydrogens (tertiary/aromatic N) is 1. The SMILES string of the molecule is CCCCCCC/C=C\C/C=C\CCCCCCCCCCCCCCCCCCCC(=O)OC(COC(=O)CCCCCCCCCCCCCCCCCCCCCCCCCCCC)COC(OCC[N+](C)(C)C)C(=O)O. The van der Waals surface area contributed by atoms with Crippen molar-refractivity contribution in [3.8, 4) is 0 Å². The van der Waals surface area contributed by atoms with E-state index >= 15 is 0 Å². The number of carbonyl (C=O) groups is 3. The van der Waals surface area contributed by atoms with Gasteiger partial charge in [-0.05, 0) is 44.9 Å². The molecule has 0 saturated heterocycles. The van der Waals surface area contributed by atoms with Crippen molar-refractivity contribution in [1.82, 2.24) is 0 Å². The first kappa shape index (κ1) is 77.8. The molecule has 2 unspecified atom stereocenters. The Morgan fingerprint density at radius 1 is 0.375 bits per heavy atom. The molecule has 9 heteroatoms. The van der Waals surface area contributed by atoms with Crippen molar-refractivity contribution in [3.63, 3.8) is 0 Å². The number of carboxylic acids is 1. The maximum atomic E-state index is 12.9. The van der Waals surface area contributed by atoms with Crippen LogP contribution in [0.25, 0.3) is 0 Å². The Labute approximate surface area is 497 Å². The fourth-order valence-electron chi connectivity index (χ4n) is 10.6. The second-order valence-corrected chi connectivity index (χ2v) is 25.2. The third-order valence-electron chi connectivity index (χ3n) is 16.0. The molecule has 0 spiro atoms. The van der Waals surface area contributed by atoms with E-state index < -0.39 is 18.4 Å². The minimum atomic E-state index is -1.51. The Morgan fingerprint density at radius 3 is 0.988 bits per heavy atom. The number of hydrogen-bond acceptors (Lipinski definition) is 7. The van der Waals surface area contributed by atoms with Crippen molar-refractivity contribution >= 4 is 17.9 Å². The van der Waals surface area contributed by atoms with E-state index in [1.54, 1.807) is 0 Å². The Hall–Kier alpha value is -2.23. The van der Waals surface area contributed by atoms with Crippen LogP contribution in [0.15, 0.2) is 24.3 Å². The molecule has 0 aromatic rings. The molecule has 0 aromatic heterocycles. The van der Waals surface area contributed by atoms with E-state index in [0.717, 1.165) is 44.9 Å². The van der Waals surface area contributed by atoms with Gasteiger partial charge in [0.2, 0.25) is 0 Å². The van der Waals surface area contributed by atoms with Crippen molar-refractivity contribution < 1.29 is 42.9 Å². The van der Waals surface area contributed by atoms with Gasteiger partial charge in [-0.2, -0.15) is 0 Å². The Kier molecular flexibility index (Phi) is 61.1. The van der Waals surface area contributed by atoms with Crippen LogP contribution in [-0.2, 0) is 33.3 Å². The van der Waals surface area contributed by atoms with Gasteiger partial charge in [0.15, 0.2) is 6.10 Å². The average Bonchev–Trinajstić information content (AvgIpc) is 3.43. The molecule has 2 atom stereocenters. The number of rotatable bonds is 66. The summed E-state index contributed by atoms with van der Waals surface area (Å²) in [7, 11) is 5.99. The normalized spacial score (nSPS) is 12.8. The molecule has 80 heavy (non-hydrogen) atoms. The molecule has 0 aliphatic carbocycles. The van der Waals surface area contributed by atoms with E-state index in [9.17, 15) is 19.5 Å². The second-order valence-electron chi connectivity index (χ2n) is 25.2. The fourth-order valence-corrected chi connectivity index (χ4v) is 10.6. The van der Waals surface area contributed by atoms with Crippen LogP contribution in [0.2, 0.25) is 0 Å². The second kappa shape index (κ2) is 62.8. The van der Waals surface area contributed by atoms with E-state index in [2.05, 4.69) is 38.2 Å². The van der Waals surface area contributed by atoms with Crippen molar-refractivity contribution in [2.24, 2.45) is 0 Å². The largest absolute Gasteiger partial charge is 0.477 e. The summed E-state index contributed by atoms with van der Waals surface area (Å²) >= 11 is 0. The summed E-state index contributed by atoms with van der Waals surface area (Å²) in [4.78, 5) is 37.6. The van der Waals surface area contributed by atoms with Crippen molar-refractivity contribution in [2.75, 3.05) is 47.5 Å². The van der Waals surface area contributed by atoms with Crippen molar-refractivity contribution in [3.05, 3.63) is 24.3 Å². The summed E-state index contributed by atoms with van der Waals surface area (Å²) < 4.78 is 23.0. The number of ether oxygens (including phenoxy) is 4. The van der Waals surface area contributed by atoms with Gasteiger partial charge in [0.25, 0.3) is 6.29 Å². The van der Waals surface area contributed by atoms with Gasteiger partial charge in [0, 0.05) is 12.8 Å². The zero-order valence-corrected chi connectivity index (χ0v) is 54.0. The summed E-state index contributed by atoms with van der Waals surface area (Å²) in [6, 6.07) is 0. The van der Waals surface area contributed by atoms with Gasteiger partial charge in [-0.1, -0.05) is 321 Å². The zero-order chi connectivity index (χ0) is 58.3. The topological polar surface area (TPSA) is 108 Å². The molecular formula is C71H136NO8+. The maximum Gasteiger partial charge on any atom is 0.361 e. The van der Waals surface area contributed by atoms with Gasteiger partial charge in [-0.25, -0.2) is 4.79 Å². The highest BCUT2D eigenvalue weighted by atomic mass is 16.7. The number of carboxylic acid groups (broad SMARTS) is 1. The van der Waals surface area contributed by atoms with E-state index in [0.29, 0.717) is 17.4 Å². The first-order valence-electron chi connectivity index (χ1n) is 35.0. The molecule has 0 heterocycles. The summed E-state index contributed by atoms with van der Waals surface area (Å²) in [6.07, 6.45) is 74.3. The van der Waals surface area contributed by atoms with Crippen LogP contribution in [0.5, 0.6) is 0 Å². The molecule has 0 aliphatic heterocycles. The third kappa shape index (κ3) is 63.4. The van der Waals surface area contributed by atoms with Crippen LogP contribution in [0, 0.1) is 0 Å². The van der Waals surface area contributed by atoms with Gasteiger partial charge in [0.05, 0.1) is 34.4 Å². The molecule has 0 aromatic carbocycles. The number of allylic oxidation sites excluding steroid dienone is 4. The molecule has 0 rings (SSSR count). The van der Waals surface area contributed by atoms with Crippen LogP contribution < -0.4 is 0 Å². The smallest absolute Gasteiger partial charge is 0.361 e. The third-order valence-corrected chi connectivity index (χ3v) is 16.0. The molecule has 0 saturated carbocycles. The number of hydrogen-bond donors (Lipinski definition) is 1. The predicted molar refractivity (Wildman–Crippen MR) is 341 cm³/mol. The van der Waals surface area contributed by atoms with Gasteiger partial charge in [-0.3, -0.25) is 9.59 Å². The highest BCUT2D eigenvalue weighted by Crippen LogP contribution is 2.19. The lowest BCUT2D eigenvalue weighted by molar-refractivity contribution is -0.870. The molecule has 0 radical (unpaired) electrons. The first-order chi connectivity index (χ1) is 39.1. The summed E-state index contributed by atoms with van der Waals surface area (Å²) in [5, 5.41) is 9.74. The molecule has 472 valence electrons.